The summed E-state index contributed by atoms with van der Waals surface area (Å²) in [6.45, 7) is 0.153. The molecule has 0 amide bonds. The standard InChI is InChI=1S/C11H9BrFN3O2/c12-8-5-16(11(18)15-10(8)17)4-6-1-2-7(13)3-9(6)14/h1-3,5H,4,14H2,(H,15,17,18). The number of nitrogen functional groups attached to an aromatic ring is 1. The van der Waals surface area contributed by atoms with E-state index in [9.17, 15) is 14.0 Å². The van der Waals surface area contributed by atoms with Crippen LogP contribution in [0.15, 0.2) is 38.5 Å². The Labute approximate surface area is 109 Å². The zero-order valence-corrected chi connectivity index (χ0v) is 10.7. The van der Waals surface area contributed by atoms with Crippen LogP contribution in [-0.4, -0.2) is 9.55 Å². The van der Waals surface area contributed by atoms with Gasteiger partial charge in [-0.2, -0.15) is 0 Å². The van der Waals surface area contributed by atoms with Crippen molar-refractivity contribution < 1.29 is 4.39 Å². The van der Waals surface area contributed by atoms with E-state index in [2.05, 4.69) is 20.9 Å². The summed E-state index contributed by atoms with van der Waals surface area (Å²) in [6.07, 6.45) is 1.37. The first-order valence-electron chi connectivity index (χ1n) is 5.00. The van der Waals surface area contributed by atoms with Crippen molar-refractivity contribution in [3.8, 4) is 0 Å². The molecule has 1 aromatic carbocycles. The van der Waals surface area contributed by atoms with Crippen LogP contribution in [0.5, 0.6) is 0 Å². The Morgan fingerprint density at radius 2 is 2.11 bits per heavy atom. The Bertz CT molecular complexity index is 708. The summed E-state index contributed by atoms with van der Waals surface area (Å²) >= 11 is 3.03. The van der Waals surface area contributed by atoms with Crippen LogP contribution in [0, 0.1) is 5.82 Å². The first-order valence-corrected chi connectivity index (χ1v) is 5.80. The minimum atomic E-state index is -0.549. The zero-order valence-electron chi connectivity index (χ0n) is 9.11. The predicted octanol–water partition coefficient (Wildman–Crippen LogP) is 1.07. The third-order valence-corrected chi connectivity index (χ3v) is 2.98. The van der Waals surface area contributed by atoms with Gasteiger partial charge >= 0.3 is 5.69 Å². The Balaban J connectivity index is 2.43. The van der Waals surface area contributed by atoms with Gasteiger partial charge < -0.3 is 5.73 Å². The van der Waals surface area contributed by atoms with Gasteiger partial charge in [0.1, 0.15) is 5.82 Å². The summed E-state index contributed by atoms with van der Waals surface area (Å²) in [5.41, 5.74) is 5.45. The van der Waals surface area contributed by atoms with Crippen molar-refractivity contribution in [2.75, 3.05) is 5.73 Å². The molecular formula is C11H9BrFN3O2. The molecule has 0 bridgehead atoms. The Kier molecular flexibility index (Phi) is 3.33. The molecule has 5 nitrogen and oxygen atoms in total. The number of aromatic amines is 1. The molecule has 0 fully saturated rings. The van der Waals surface area contributed by atoms with Gasteiger partial charge in [-0.1, -0.05) is 6.07 Å². The van der Waals surface area contributed by atoms with Crippen LogP contribution < -0.4 is 17.0 Å². The maximum absolute atomic E-state index is 12.9. The highest BCUT2D eigenvalue weighted by Crippen LogP contribution is 2.14. The highest BCUT2D eigenvalue weighted by Gasteiger charge is 2.06. The van der Waals surface area contributed by atoms with Crippen molar-refractivity contribution in [1.82, 2.24) is 9.55 Å². The third-order valence-electron chi connectivity index (χ3n) is 2.42. The Hall–Kier alpha value is -1.89. The maximum Gasteiger partial charge on any atom is 0.328 e. The molecule has 0 aliphatic heterocycles. The molecule has 1 aromatic heterocycles. The van der Waals surface area contributed by atoms with E-state index < -0.39 is 17.1 Å². The summed E-state index contributed by atoms with van der Waals surface area (Å²) in [6, 6.07) is 3.94. The molecule has 0 saturated carbocycles. The minimum absolute atomic E-state index is 0.153. The average molecular weight is 314 g/mol. The molecule has 0 atom stereocenters. The number of hydrogen-bond acceptors (Lipinski definition) is 3. The van der Waals surface area contributed by atoms with Crippen molar-refractivity contribution in [2.24, 2.45) is 0 Å². The summed E-state index contributed by atoms with van der Waals surface area (Å²) in [7, 11) is 0. The fourth-order valence-electron chi connectivity index (χ4n) is 1.49. The van der Waals surface area contributed by atoms with E-state index in [0.29, 0.717) is 5.56 Å². The molecule has 18 heavy (non-hydrogen) atoms. The van der Waals surface area contributed by atoms with E-state index in [1.807, 2.05) is 0 Å². The minimum Gasteiger partial charge on any atom is -0.398 e. The van der Waals surface area contributed by atoms with E-state index in [0.717, 1.165) is 0 Å². The zero-order chi connectivity index (χ0) is 13.3. The topological polar surface area (TPSA) is 80.9 Å². The van der Waals surface area contributed by atoms with Crippen LogP contribution in [0.1, 0.15) is 5.56 Å². The van der Waals surface area contributed by atoms with E-state index in [4.69, 9.17) is 5.73 Å². The molecule has 3 N–H and O–H groups in total. The third kappa shape index (κ3) is 2.51. The van der Waals surface area contributed by atoms with Crippen LogP contribution in [0.25, 0.3) is 0 Å². The van der Waals surface area contributed by atoms with Crippen molar-refractivity contribution in [3.05, 3.63) is 61.1 Å². The molecule has 0 spiro atoms. The molecule has 0 saturated heterocycles. The van der Waals surface area contributed by atoms with Crippen molar-refractivity contribution in [1.29, 1.82) is 0 Å². The lowest BCUT2D eigenvalue weighted by Gasteiger charge is -2.08. The van der Waals surface area contributed by atoms with Gasteiger partial charge in [0.05, 0.1) is 11.0 Å². The lowest BCUT2D eigenvalue weighted by atomic mass is 10.2. The van der Waals surface area contributed by atoms with Crippen LogP contribution in [0.2, 0.25) is 0 Å². The first-order chi connectivity index (χ1) is 8.47. The Morgan fingerprint density at radius 3 is 2.78 bits per heavy atom. The molecule has 2 rings (SSSR count). The van der Waals surface area contributed by atoms with E-state index >= 15 is 0 Å². The van der Waals surface area contributed by atoms with E-state index in [-0.39, 0.29) is 16.7 Å². The molecule has 2 aromatic rings. The van der Waals surface area contributed by atoms with E-state index in [1.54, 1.807) is 0 Å². The number of nitrogens with one attached hydrogen (secondary N) is 1. The summed E-state index contributed by atoms with van der Waals surface area (Å²) in [4.78, 5) is 24.9. The van der Waals surface area contributed by atoms with E-state index in [1.165, 1.54) is 29.0 Å². The van der Waals surface area contributed by atoms with Gasteiger partial charge in [0.15, 0.2) is 0 Å². The van der Waals surface area contributed by atoms with Gasteiger partial charge in [0, 0.05) is 11.9 Å². The molecular weight excluding hydrogens is 305 g/mol. The quantitative estimate of drug-likeness (QED) is 0.814. The van der Waals surface area contributed by atoms with Crippen LogP contribution >= 0.6 is 15.9 Å². The molecule has 0 unspecified atom stereocenters. The molecule has 0 radical (unpaired) electrons. The SMILES string of the molecule is Nc1cc(F)ccc1Cn1cc(Br)c(=O)[nH]c1=O. The summed E-state index contributed by atoms with van der Waals surface area (Å²) in [5.74, 6) is -0.439. The number of halogens is 2. The number of H-pyrrole nitrogens is 1. The number of nitrogens with two attached hydrogens (primary N) is 1. The second-order valence-corrected chi connectivity index (χ2v) is 4.56. The van der Waals surface area contributed by atoms with Crippen LogP contribution in [0.4, 0.5) is 10.1 Å². The fourth-order valence-corrected chi connectivity index (χ4v) is 1.84. The van der Waals surface area contributed by atoms with Crippen molar-refractivity contribution in [3.63, 3.8) is 0 Å². The Morgan fingerprint density at radius 1 is 1.39 bits per heavy atom. The van der Waals surface area contributed by atoms with Gasteiger partial charge in [-0.05, 0) is 33.6 Å². The largest absolute Gasteiger partial charge is 0.398 e. The number of anilines is 1. The molecule has 1 heterocycles. The van der Waals surface area contributed by atoms with Crippen LogP contribution in [-0.2, 0) is 6.54 Å². The second-order valence-electron chi connectivity index (χ2n) is 3.71. The molecule has 7 heteroatoms. The smallest absolute Gasteiger partial charge is 0.328 e. The summed E-state index contributed by atoms with van der Waals surface area (Å²) in [5, 5.41) is 0. The highest BCUT2D eigenvalue weighted by atomic mass is 79.9. The van der Waals surface area contributed by atoms with Crippen LogP contribution in [0.3, 0.4) is 0 Å². The number of nitrogens with zero attached hydrogens (tertiary/aromatic N) is 1. The van der Waals surface area contributed by atoms with Gasteiger partial charge in [0.2, 0.25) is 0 Å². The number of benzene rings is 1. The molecule has 0 aliphatic rings. The normalized spacial score (nSPS) is 10.6. The number of hydrogen-bond donors (Lipinski definition) is 2. The average Bonchev–Trinajstić information content (AvgIpc) is 2.29. The number of rotatable bonds is 2. The second kappa shape index (κ2) is 4.77. The fraction of sp³-hybridized carbons (Fsp3) is 0.0909. The predicted molar refractivity (Wildman–Crippen MR) is 68.9 cm³/mol. The maximum atomic E-state index is 12.9. The van der Waals surface area contributed by atoms with Gasteiger partial charge in [-0.15, -0.1) is 0 Å². The monoisotopic (exact) mass is 313 g/mol. The van der Waals surface area contributed by atoms with Crippen molar-refractivity contribution >= 4 is 21.6 Å². The van der Waals surface area contributed by atoms with Crippen molar-refractivity contribution in [2.45, 2.75) is 6.54 Å². The van der Waals surface area contributed by atoms with Gasteiger partial charge in [0.25, 0.3) is 5.56 Å². The lowest BCUT2D eigenvalue weighted by molar-refractivity contribution is 0.626. The molecule has 0 aliphatic carbocycles. The highest BCUT2D eigenvalue weighted by molar-refractivity contribution is 9.10. The summed E-state index contributed by atoms with van der Waals surface area (Å²) < 4.78 is 14.4. The number of aromatic nitrogens is 2. The van der Waals surface area contributed by atoms with Gasteiger partial charge in [-0.25, -0.2) is 9.18 Å². The van der Waals surface area contributed by atoms with Gasteiger partial charge in [-0.3, -0.25) is 14.3 Å². The lowest BCUT2D eigenvalue weighted by Crippen LogP contribution is -2.30. The molecule has 94 valence electrons. The first kappa shape index (κ1) is 12.6.